The highest BCUT2D eigenvalue weighted by Crippen LogP contribution is 2.41. The molecule has 0 aliphatic carbocycles. The molecule has 4 atom stereocenters. The van der Waals surface area contributed by atoms with Gasteiger partial charge in [-0.3, -0.25) is 0 Å². The van der Waals surface area contributed by atoms with Crippen molar-refractivity contribution in [1.82, 2.24) is 0 Å². The van der Waals surface area contributed by atoms with Gasteiger partial charge in [-0.25, -0.2) is 4.79 Å². The summed E-state index contributed by atoms with van der Waals surface area (Å²) in [5.41, 5.74) is 0.115. The lowest BCUT2D eigenvalue weighted by molar-refractivity contribution is -0.245. The van der Waals surface area contributed by atoms with E-state index < -0.39 is 31.7 Å². The first-order chi connectivity index (χ1) is 20.1. The Morgan fingerprint density at radius 1 is 0.977 bits per heavy atom. The van der Waals surface area contributed by atoms with Crippen LogP contribution in [0.5, 0.6) is 0 Å². The Morgan fingerprint density at radius 3 is 2.21 bits per heavy atom. The lowest BCUT2D eigenvalue weighted by Crippen LogP contribution is -2.57. The number of ether oxygens (including phenoxy) is 4. The van der Waals surface area contributed by atoms with E-state index in [1.807, 2.05) is 69.3 Å². The predicted octanol–water partition coefficient (Wildman–Crippen LogP) is 7.53. The molecule has 0 bridgehead atoms. The summed E-state index contributed by atoms with van der Waals surface area (Å²) in [6.45, 7) is 18.8. The molecule has 1 heterocycles. The smallest absolute Gasteiger partial charge is 0.338 e. The first-order valence-electron chi connectivity index (χ1n) is 15.6. The summed E-state index contributed by atoms with van der Waals surface area (Å²) in [7, 11) is -1.95. The quantitative estimate of drug-likeness (QED) is 0.0961. The average molecular weight is 615 g/mol. The van der Waals surface area contributed by atoms with Crippen LogP contribution in [0.2, 0.25) is 18.1 Å². The van der Waals surface area contributed by atoms with Crippen LogP contribution < -0.4 is 0 Å². The van der Waals surface area contributed by atoms with Crippen LogP contribution in [0.15, 0.2) is 60.7 Å². The molecular formula is C35H54O7Si. The van der Waals surface area contributed by atoms with Crippen molar-refractivity contribution < 1.29 is 33.3 Å². The summed E-state index contributed by atoms with van der Waals surface area (Å²) in [5.74, 6) is -0.257. The second kappa shape index (κ2) is 15.3. The van der Waals surface area contributed by atoms with Crippen molar-refractivity contribution in [1.29, 1.82) is 0 Å². The maximum absolute atomic E-state index is 12.7. The number of carbonyl (C=O) groups excluding carboxylic acids is 1. The van der Waals surface area contributed by atoms with E-state index in [1.54, 1.807) is 12.1 Å². The molecule has 240 valence electrons. The van der Waals surface area contributed by atoms with E-state index >= 15 is 0 Å². The standard InChI is InChI=1S/C35H54O7Si/c1-33(2,3)43(7,8)40-25-28(24-39-26-38-23-27-15-11-9-12-16-27)19-20-30(36)35(6)22-21-31(34(4,5)42-35)41-32(37)29-17-13-10-14-18-29/h9-18,28,30-31,36H,19-26H2,1-8H3/t28-,30?,31?,35+/m1/s1. The van der Waals surface area contributed by atoms with Gasteiger partial charge in [0, 0.05) is 12.5 Å². The van der Waals surface area contributed by atoms with Gasteiger partial charge in [0.2, 0.25) is 0 Å². The highest BCUT2D eigenvalue weighted by Gasteiger charge is 2.49. The van der Waals surface area contributed by atoms with Crippen molar-refractivity contribution in [2.45, 2.75) is 115 Å². The average Bonchev–Trinajstić information content (AvgIpc) is 2.95. The Labute approximate surface area is 260 Å². The summed E-state index contributed by atoms with van der Waals surface area (Å²) in [6, 6.07) is 19.0. The van der Waals surface area contributed by atoms with Gasteiger partial charge in [0.05, 0.1) is 30.5 Å². The first-order valence-corrected chi connectivity index (χ1v) is 18.5. The molecule has 0 amide bonds. The summed E-state index contributed by atoms with van der Waals surface area (Å²) in [5, 5.41) is 11.5. The minimum atomic E-state index is -1.95. The SMILES string of the molecule is CC1(C)O[C@](C)(C(O)CC[C@H](COCOCc2ccccc2)CO[Si](C)(C)C(C)(C)C)CCC1OC(=O)c1ccccc1. The Kier molecular flexibility index (Phi) is 12.6. The van der Waals surface area contributed by atoms with Crippen LogP contribution in [0.3, 0.4) is 0 Å². The zero-order chi connectivity index (χ0) is 31.7. The first kappa shape index (κ1) is 35.4. The molecule has 2 aromatic rings. The van der Waals surface area contributed by atoms with Crippen molar-refractivity contribution in [2.24, 2.45) is 5.92 Å². The van der Waals surface area contributed by atoms with E-state index in [0.717, 1.165) is 12.0 Å². The van der Waals surface area contributed by atoms with Gasteiger partial charge < -0.3 is 28.5 Å². The van der Waals surface area contributed by atoms with E-state index in [-0.39, 0.29) is 23.7 Å². The molecule has 1 fully saturated rings. The Hall–Kier alpha value is -2.07. The fourth-order valence-electron chi connectivity index (χ4n) is 5.15. The second-order valence-corrected chi connectivity index (χ2v) is 19.0. The van der Waals surface area contributed by atoms with Gasteiger partial charge in [0.25, 0.3) is 0 Å². The van der Waals surface area contributed by atoms with Crippen molar-refractivity contribution in [2.75, 3.05) is 20.0 Å². The van der Waals surface area contributed by atoms with Gasteiger partial charge in [-0.15, -0.1) is 0 Å². The summed E-state index contributed by atoms with van der Waals surface area (Å²) in [6.07, 6.45) is 1.36. The second-order valence-electron chi connectivity index (χ2n) is 14.2. The monoisotopic (exact) mass is 614 g/mol. The molecule has 0 saturated carbocycles. The summed E-state index contributed by atoms with van der Waals surface area (Å²) >= 11 is 0. The number of benzene rings is 2. The Morgan fingerprint density at radius 2 is 1.60 bits per heavy atom. The molecule has 2 unspecified atom stereocenters. The van der Waals surface area contributed by atoms with E-state index in [4.69, 9.17) is 23.4 Å². The van der Waals surface area contributed by atoms with Crippen LogP contribution in [-0.2, 0) is 30.0 Å². The molecule has 7 nitrogen and oxygen atoms in total. The van der Waals surface area contributed by atoms with Crippen LogP contribution in [-0.4, -0.2) is 62.8 Å². The zero-order valence-electron chi connectivity index (χ0n) is 27.6. The van der Waals surface area contributed by atoms with Crippen molar-refractivity contribution >= 4 is 14.3 Å². The molecular weight excluding hydrogens is 560 g/mol. The molecule has 1 aliphatic rings. The number of carbonyl (C=O) groups is 1. The van der Waals surface area contributed by atoms with E-state index in [9.17, 15) is 9.90 Å². The normalized spacial score (nSPS) is 22.1. The van der Waals surface area contributed by atoms with Crippen molar-refractivity contribution in [3.63, 3.8) is 0 Å². The molecule has 1 N–H and O–H groups in total. The number of hydrogen-bond acceptors (Lipinski definition) is 7. The van der Waals surface area contributed by atoms with Gasteiger partial charge in [0.1, 0.15) is 18.5 Å². The Bertz CT molecular complexity index is 1120. The molecule has 1 saturated heterocycles. The third-order valence-corrected chi connectivity index (χ3v) is 13.6. The van der Waals surface area contributed by atoms with Crippen molar-refractivity contribution in [3.05, 3.63) is 71.8 Å². The molecule has 1 aliphatic heterocycles. The molecule has 3 rings (SSSR count). The molecule has 8 heteroatoms. The van der Waals surface area contributed by atoms with Gasteiger partial charge in [-0.05, 0) is 82.3 Å². The lowest BCUT2D eigenvalue weighted by atomic mass is 9.80. The molecule has 2 aromatic carbocycles. The van der Waals surface area contributed by atoms with Gasteiger partial charge >= 0.3 is 5.97 Å². The fourth-order valence-corrected chi connectivity index (χ4v) is 6.24. The van der Waals surface area contributed by atoms with Gasteiger partial charge in [-0.2, -0.15) is 0 Å². The minimum Gasteiger partial charge on any atom is -0.456 e. The Balaban J connectivity index is 1.55. The molecule has 0 spiro atoms. The number of hydrogen-bond donors (Lipinski definition) is 1. The third kappa shape index (κ3) is 10.5. The topological polar surface area (TPSA) is 83.5 Å². The van der Waals surface area contributed by atoms with E-state index in [0.29, 0.717) is 44.6 Å². The van der Waals surface area contributed by atoms with Crippen molar-refractivity contribution in [3.8, 4) is 0 Å². The fraction of sp³-hybridized carbons (Fsp3) is 0.629. The minimum absolute atomic E-state index is 0.101. The van der Waals surface area contributed by atoms with Gasteiger partial charge in [0.15, 0.2) is 8.32 Å². The number of esters is 1. The highest BCUT2D eigenvalue weighted by atomic mass is 28.4. The molecule has 43 heavy (non-hydrogen) atoms. The molecule has 0 aromatic heterocycles. The lowest BCUT2D eigenvalue weighted by Gasteiger charge is -2.49. The number of aliphatic hydroxyl groups excluding tert-OH is 1. The summed E-state index contributed by atoms with van der Waals surface area (Å²) < 4.78 is 30.6. The predicted molar refractivity (Wildman–Crippen MR) is 172 cm³/mol. The third-order valence-electron chi connectivity index (χ3n) is 9.10. The van der Waals surface area contributed by atoms with Crippen LogP contribution in [0.25, 0.3) is 0 Å². The van der Waals surface area contributed by atoms with Crippen LogP contribution in [0.1, 0.15) is 83.1 Å². The maximum atomic E-state index is 12.7. The van der Waals surface area contributed by atoms with Crippen LogP contribution in [0, 0.1) is 5.92 Å². The summed E-state index contributed by atoms with van der Waals surface area (Å²) in [4.78, 5) is 12.7. The highest BCUT2D eigenvalue weighted by molar-refractivity contribution is 6.74. The molecule has 0 radical (unpaired) electrons. The van der Waals surface area contributed by atoms with Crippen LogP contribution >= 0.6 is 0 Å². The van der Waals surface area contributed by atoms with E-state index in [1.165, 1.54) is 0 Å². The maximum Gasteiger partial charge on any atom is 0.338 e. The number of aliphatic hydroxyl groups is 1. The van der Waals surface area contributed by atoms with Gasteiger partial charge in [-0.1, -0.05) is 69.3 Å². The largest absolute Gasteiger partial charge is 0.456 e. The van der Waals surface area contributed by atoms with E-state index in [2.05, 4.69) is 33.9 Å². The zero-order valence-corrected chi connectivity index (χ0v) is 28.6. The number of rotatable bonds is 15. The van der Waals surface area contributed by atoms with Crippen LogP contribution in [0.4, 0.5) is 0 Å².